The van der Waals surface area contributed by atoms with E-state index in [0.717, 1.165) is 13.0 Å². The lowest BCUT2D eigenvalue weighted by molar-refractivity contribution is 0.0599. The van der Waals surface area contributed by atoms with E-state index in [0.29, 0.717) is 29.1 Å². The molecule has 1 aromatic heterocycles. The van der Waals surface area contributed by atoms with Gasteiger partial charge in [0.05, 0.1) is 12.7 Å². The van der Waals surface area contributed by atoms with Gasteiger partial charge in [-0.3, -0.25) is 4.79 Å². The molecule has 128 valence electrons. The van der Waals surface area contributed by atoms with Crippen LogP contribution in [0.5, 0.6) is 0 Å². The Morgan fingerprint density at radius 1 is 1.22 bits per heavy atom. The fourth-order valence-electron chi connectivity index (χ4n) is 3.16. The SMILES string of the molecule is COC(=O)c1c(C)[nH]c(C(=O)NCCCN2CCCCC2)c1C. The topological polar surface area (TPSA) is 74.4 Å². The molecule has 0 spiro atoms. The van der Waals surface area contributed by atoms with E-state index in [1.807, 2.05) is 0 Å². The van der Waals surface area contributed by atoms with Gasteiger partial charge < -0.3 is 19.9 Å². The number of hydrogen-bond donors (Lipinski definition) is 2. The van der Waals surface area contributed by atoms with Gasteiger partial charge in [-0.1, -0.05) is 6.42 Å². The second-order valence-corrected chi connectivity index (χ2v) is 6.13. The van der Waals surface area contributed by atoms with Crippen molar-refractivity contribution in [3.05, 3.63) is 22.5 Å². The standard InChI is InChI=1S/C17H27N3O3/c1-12-14(17(22)23-3)13(2)19-15(12)16(21)18-8-7-11-20-9-5-4-6-10-20/h19H,4-11H2,1-3H3,(H,18,21). The van der Waals surface area contributed by atoms with Gasteiger partial charge in [0.15, 0.2) is 0 Å². The average Bonchev–Trinajstić information content (AvgIpc) is 2.86. The molecule has 6 nitrogen and oxygen atoms in total. The first-order valence-electron chi connectivity index (χ1n) is 8.32. The first-order valence-corrected chi connectivity index (χ1v) is 8.32. The number of carbonyl (C=O) groups excluding carboxylic acids is 2. The molecule has 0 saturated carbocycles. The summed E-state index contributed by atoms with van der Waals surface area (Å²) in [7, 11) is 1.34. The van der Waals surface area contributed by atoms with Gasteiger partial charge in [-0.25, -0.2) is 4.79 Å². The molecule has 0 radical (unpaired) electrons. The maximum absolute atomic E-state index is 12.3. The number of aromatic nitrogens is 1. The molecule has 1 fully saturated rings. The number of piperidine rings is 1. The third kappa shape index (κ3) is 4.34. The fraction of sp³-hybridized carbons (Fsp3) is 0.647. The molecule has 1 aromatic rings. The van der Waals surface area contributed by atoms with Crippen LogP contribution in [0.3, 0.4) is 0 Å². The summed E-state index contributed by atoms with van der Waals surface area (Å²) in [6.45, 7) is 7.54. The minimum atomic E-state index is -0.416. The summed E-state index contributed by atoms with van der Waals surface area (Å²) in [6, 6.07) is 0. The summed E-state index contributed by atoms with van der Waals surface area (Å²) in [6.07, 6.45) is 4.84. The number of amides is 1. The Labute approximate surface area is 137 Å². The molecule has 1 aliphatic heterocycles. The van der Waals surface area contributed by atoms with E-state index >= 15 is 0 Å². The highest BCUT2D eigenvalue weighted by Crippen LogP contribution is 2.18. The largest absolute Gasteiger partial charge is 0.465 e. The Kier molecular flexibility index (Phi) is 6.21. The zero-order valence-electron chi connectivity index (χ0n) is 14.3. The number of aryl methyl sites for hydroxylation is 1. The van der Waals surface area contributed by atoms with Crippen molar-refractivity contribution in [1.29, 1.82) is 0 Å². The third-order valence-corrected chi connectivity index (χ3v) is 4.44. The molecule has 0 aromatic carbocycles. The first kappa shape index (κ1) is 17.5. The Balaban J connectivity index is 1.85. The molecule has 1 aliphatic rings. The van der Waals surface area contributed by atoms with Crippen LogP contribution in [0.1, 0.15) is 57.8 Å². The smallest absolute Gasteiger partial charge is 0.339 e. The van der Waals surface area contributed by atoms with Crippen LogP contribution in [-0.4, -0.2) is 55.0 Å². The number of rotatable bonds is 6. The summed E-state index contributed by atoms with van der Waals surface area (Å²) in [5.41, 5.74) is 2.20. The number of H-pyrrole nitrogens is 1. The maximum Gasteiger partial charge on any atom is 0.339 e. The van der Waals surface area contributed by atoms with E-state index < -0.39 is 5.97 Å². The highest BCUT2D eigenvalue weighted by Gasteiger charge is 2.22. The summed E-state index contributed by atoms with van der Waals surface area (Å²) in [4.78, 5) is 29.5. The summed E-state index contributed by atoms with van der Waals surface area (Å²) in [5, 5.41) is 2.93. The Morgan fingerprint density at radius 3 is 2.57 bits per heavy atom. The number of ether oxygens (including phenoxy) is 1. The molecule has 2 rings (SSSR count). The van der Waals surface area contributed by atoms with Crippen molar-refractivity contribution in [2.45, 2.75) is 39.5 Å². The van der Waals surface area contributed by atoms with Gasteiger partial charge in [0.25, 0.3) is 5.91 Å². The van der Waals surface area contributed by atoms with Gasteiger partial charge in [0.1, 0.15) is 5.69 Å². The fourth-order valence-corrected chi connectivity index (χ4v) is 3.16. The van der Waals surface area contributed by atoms with E-state index in [2.05, 4.69) is 15.2 Å². The minimum Gasteiger partial charge on any atom is -0.465 e. The predicted molar refractivity (Wildman–Crippen MR) is 88.8 cm³/mol. The highest BCUT2D eigenvalue weighted by molar-refractivity contribution is 6.00. The van der Waals surface area contributed by atoms with E-state index in [1.165, 1.54) is 39.5 Å². The zero-order valence-corrected chi connectivity index (χ0v) is 14.3. The van der Waals surface area contributed by atoms with Gasteiger partial charge in [0.2, 0.25) is 0 Å². The lowest BCUT2D eigenvalue weighted by Gasteiger charge is -2.26. The number of aromatic amines is 1. The zero-order chi connectivity index (χ0) is 16.8. The monoisotopic (exact) mass is 321 g/mol. The van der Waals surface area contributed by atoms with Crippen LogP contribution in [0.2, 0.25) is 0 Å². The van der Waals surface area contributed by atoms with Crippen molar-refractivity contribution in [3.63, 3.8) is 0 Å². The first-order chi connectivity index (χ1) is 11.0. The van der Waals surface area contributed by atoms with Gasteiger partial charge >= 0.3 is 5.97 Å². The second-order valence-electron chi connectivity index (χ2n) is 6.13. The maximum atomic E-state index is 12.3. The van der Waals surface area contributed by atoms with Gasteiger partial charge in [-0.15, -0.1) is 0 Å². The van der Waals surface area contributed by atoms with Crippen LogP contribution in [0.25, 0.3) is 0 Å². The van der Waals surface area contributed by atoms with E-state index in [-0.39, 0.29) is 5.91 Å². The number of nitrogens with one attached hydrogen (secondary N) is 2. The van der Waals surface area contributed by atoms with Crippen molar-refractivity contribution < 1.29 is 14.3 Å². The lowest BCUT2D eigenvalue weighted by atomic mass is 10.1. The van der Waals surface area contributed by atoms with Crippen molar-refractivity contribution in [1.82, 2.24) is 15.2 Å². The Morgan fingerprint density at radius 2 is 1.91 bits per heavy atom. The van der Waals surface area contributed by atoms with Crippen molar-refractivity contribution in [2.24, 2.45) is 0 Å². The van der Waals surface area contributed by atoms with E-state index in [1.54, 1.807) is 13.8 Å². The van der Waals surface area contributed by atoms with Crippen LogP contribution < -0.4 is 5.32 Å². The van der Waals surface area contributed by atoms with E-state index in [4.69, 9.17) is 4.74 Å². The van der Waals surface area contributed by atoms with Gasteiger partial charge in [0, 0.05) is 12.2 Å². The van der Waals surface area contributed by atoms with Gasteiger partial charge in [-0.05, 0) is 58.3 Å². The number of esters is 1. The van der Waals surface area contributed by atoms with Crippen molar-refractivity contribution >= 4 is 11.9 Å². The van der Waals surface area contributed by atoms with Crippen molar-refractivity contribution in [3.8, 4) is 0 Å². The molecule has 0 atom stereocenters. The molecule has 0 aliphatic carbocycles. The summed E-state index contributed by atoms with van der Waals surface area (Å²) < 4.78 is 4.76. The normalized spacial score (nSPS) is 15.4. The van der Waals surface area contributed by atoms with Crippen LogP contribution >= 0.6 is 0 Å². The summed E-state index contributed by atoms with van der Waals surface area (Å²) in [5.74, 6) is -0.584. The third-order valence-electron chi connectivity index (χ3n) is 4.44. The highest BCUT2D eigenvalue weighted by atomic mass is 16.5. The number of methoxy groups -OCH3 is 1. The van der Waals surface area contributed by atoms with Gasteiger partial charge in [-0.2, -0.15) is 0 Å². The molecule has 2 heterocycles. The van der Waals surface area contributed by atoms with Crippen LogP contribution in [0.4, 0.5) is 0 Å². The molecule has 23 heavy (non-hydrogen) atoms. The molecule has 6 heteroatoms. The van der Waals surface area contributed by atoms with Crippen LogP contribution in [-0.2, 0) is 4.74 Å². The molecular formula is C17H27N3O3. The molecule has 0 bridgehead atoms. The molecular weight excluding hydrogens is 294 g/mol. The van der Waals surface area contributed by atoms with Crippen LogP contribution in [0, 0.1) is 13.8 Å². The average molecular weight is 321 g/mol. The Bertz CT molecular complexity index is 560. The molecule has 2 N–H and O–H groups in total. The number of likely N-dealkylation sites (tertiary alicyclic amines) is 1. The summed E-state index contributed by atoms with van der Waals surface area (Å²) >= 11 is 0. The van der Waals surface area contributed by atoms with Crippen molar-refractivity contribution in [2.75, 3.05) is 33.3 Å². The Hall–Kier alpha value is -1.82. The molecule has 1 amide bonds. The minimum absolute atomic E-state index is 0.167. The van der Waals surface area contributed by atoms with Crippen LogP contribution in [0.15, 0.2) is 0 Å². The number of hydrogen-bond acceptors (Lipinski definition) is 4. The number of nitrogens with zero attached hydrogens (tertiary/aromatic N) is 1. The predicted octanol–water partition coefficient (Wildman–Crippen LogP) is 2.02. The quantitative estimate of drug-likeness (QED) is 0.621. The molecule has 0 unspecified atom stereocenters. The number of carbonyl (C=O) groups is 2. The van der Waals surface area contributed by atoms with E-state index in [9.17, 15) is 9.59 Å². The molecule has 1 saturated heterocycles. The second kappa shape index (κ2) is 8.15. The lowest BCUT2D eigenvalue weighted by Crippen LogP contribution is -2.33.